The van der Waals surface area contributed by atoms with Crippen LogP contribution in [0.5, 0.6) is 17.2 Å². The first-order valence-electron chi connectivity index (χ1n) is 6.41. The number of aryl methyl sites for hydroxylation is 1. The van der Waals surface area contributed by atoms with Gasteiger partial charge in [-0.25, -0.2) is 4.98 Å². The molecule has 2 aromatic heterocycles. The third-order valence-electron chi connectivity index (χ3n) is 3.64. The van der Waals surface area contributed by atoms with E-state index in [9.17, 15) is 10.2 Å². The molecule has 0 amide bonds. The van der Waals surface area contributed by atoms with Gasteiger partial charge in [0.2, 0.25) is 5.75 Å². The minimum absolute atomic E-state index is 0.200. The van der Waals surface area contributed by atoms with Crippen LogP contribution < -0.4 is 4.74 Å². The molecule has 0 fully saturated rings. The molecule has 2 N–H and O–H groups in total. The number of ether oxygens (including phenoxy) is 1. The Kier molecular flexibility index (Phi) is 2.94. The topological polar surface area (TPSA) is 80.4 Å². The van der Waals surface area contributed by atoms with Gasteiger partial charge >= 0.3 is 0 Å². The number of rotatable bonds is 2. The Morgan fingerprint density at radius 3 is 2.67 bits per heavy atom. The molecule has 0 saturated carbocycles. The Balaban J connectivity index is 2.32. The summed E-state index contributed by atoms with van der Waals surface area (Å²) in [6.07, 6.45) is 3.42. The van der Waals surface area contributed by atoms with E-state index in [1.807, 2.05) is 17.7 Å². The van der Waals surface area contributed by atoms with E-state index in [0.717, 1.165) is 11.0 Å². The van der Waals surface area contributed by atoms with Gasteiger partial charge in [0, 0.05) is 24.4 Å². The fourth-order valence-corrected chi connectivity index (χ4v) is 2.39. The molecule has 3 aromatic rings. The lowest BCUT2D eigenvalue weighted by Gasteiger charge is -2.12. The molecule has 6 nitrogen and oxygen atoms in total. The maximum absolute atomic E-state index is 10.0. The molecular weight excluding hydrogens is 270 g/mol. The maximum Gasteiger partial charge on any atom is 0.200 e. The third-order valence-corrected chi connectivity index (χ3v) is 3.64. The number of fused-ring (bicyclic) bond motifs is 1. The van der Waals surface area contributed by atoms with Gasteiger partial charge in [0.15, 0.2) is 11.5 Å². The molecule has 0 radical (unpaired) electrons. The Morgan fingerprint density at radius 2 is 2.00 bits per heavy atom. The summed E-state index contributed by atoms with van der Waals surface area (Å²) < 4.78 is 6.99. The first kappa shape index (κ1) is 13.2. The van der Waals surface area contributed by atoms with Gasteiger partial charge in [-0.05, 0) is 19.1 Å². The highest BCUT2D eigenvalue weighted by atomic mass is 16.5. The van der Waals surface area contributed by atoms with Crippen molar-refractivity contribution in [1.29, 1.82) is 0 Å². The zero-order chi connectivity index (χ0) is 15.1. The van der Waals surface area contributed by atoms with E-state index in [1.165, 1.54) is 7.11 Å². The third kappa shape index (κ3) is 1.87. The molecule has 0 aliphatic rings. The highest BCUT2D eigenvalue weighted by Gasteiger charge is 2.19. The van der Waals surface area contributed by atoms with Crippen LogP contribution in [0.25, 0.3) is 22.4 Å². The number of imidazole rings is 1. The normalized spacial score (nSPS) is 11.0. The van der Waals surface area contributed by atoms with Crippen molar-refractivity contribution in [3.8, 4) is 28.6 Å². The lowest BCUT2D eigenvalue weighted by molar-refractivity contribution is 0.350. The van der Waals surface area contributed by atoms with Crippen molar-refractivity contribution < 1.29 is 14.9 Å². The number of nitrogens with zero attached hydrogens (tertiary/aromatic N) is 3. The highest BCUT2D eigenvalue weighted by Crippen LogP contribution is 2.43. The summed E-state index contributed by atoms with van der Waals surface area (Å²) in [7, 11) is 3.31. The number of pyridine rings is 1. The van der Waals surface area contributed by atoms with Crippen LogP contribution in [0.2, 0.25) is 0 Å². The van der Waals surface area contributed by atoms with E-state index in [1.54, 1.807) is 25.4 Å². The van der Waals surface area contributed by atoms with Crippen LogP contribution >= 0.6 is 0 Å². The second kappa shape index (κ2) is 4.66. The monoisotopic (exact) mass is 285 g/mol. The second-order valence-electron chi connectivity index (χ2n) is 4.81. The fourth-order valence-electron chi connectivity index (χ4n) is 2.39. The number of hydrogen-bond donors (Lipinski definition) is 2. The number of methoxy groups -OCH3 is 1. The molecule has 2 heterocycles. The van der Waals surface area contributed by atoms with Crippen LogP contribution in [0.1, 0.15) is 5.56 Å². The summed E-state index contributed by atoms with van der Waals surface area (Å²) in [6, 6.07) is 3.49. The van der Waals surface area contributed by atoms with Crippen LogP contribution in [0, 0.1) is 6.92 Å². The minimum atomic E-state index is -0.265. The lowest BCUT2D eigenvalue weighted by atomic mass is 10.1. The summed E-state index contributed by atoms with van der Waals surface area (Å²) in [6.45, 7) is 1.72. The van der Waals surface area contributed by atoms with Crippen LogP contribution in [0.15, 0.2) is 24.5 Å². The number of aromatic hydroxyl groups is 2. The lowest BCUT2D eigenvalue weighted by Crippen LogP contribution is -1.96. The summed E-state index contributed by atoms with van der Waals surface area (Å²) in [5.41, 5.74) is 2.94. The number of phenols is 2. The maximum atomic E-state index is 10.0. The van der Waals surface area contributed by atoms with Gasteiger partial charge in [-0.1, -0.05) is 0 Å². The zero-order valence-corrected chi connectivity index (χ0v) is 12.0. The van der Waals surface area contributed by atoms with Crippen LogP contribution in [0.4, 0.5) is 0 Å². The van der Waals surface area contributed by atoms with Gasteiger partial charge in [0.1, 0.15) is 5.82 Å². The summed E-state index contributed by atoms with van der Waals surface area (Å²) >= 11 is 0. The zero-order valence-electron chi connectivity index (χ0n) is 12.0. The van der Waals surface area contributed by atoms with E-state index >= 15 is 0 Å². The SMILES string of the molecule is COc1cc(-c2nc3ccncc3n2C)c(C)c(O)c1O. The standard InChI is InChI=1S/C15H15N3O3/c1-8-9(6-12(21-3)14(20)13(8)19)15-17-10-4-5-16-7-11(10)18(15)2/h4-7,19-20H,1-3H3. The van der Waals surface area contributed by atoms with Crippen LogP contribution in [-0.4, -0.2) is 31.9 Å². The predicted octanol–water partition coefficient (Wildman–Crippen LogP) is 2.36. The van der Waals surface area contributed by atoms with Gasteiger partial charge < -0.3 is 19.5 Å². The first-order valence-corrected chi connectivity index (χ1v) is 6.41. The second-order valence-corrected chi connectivity index (χ2v) is 4.81. The van der Waals surface area contributed by atoms with Crippen molar-refractivity contribution in [3.05, 3.63) is 30.1 Å². The number of hydrogen-bond acceptors (Lipinski definition) is 5. The fraction of sp³-hybridized carbons (Fsp3) is 0.200. The Bertz CT molecular complexity index is 840. The molecule has 0 aliphatic heterocycles. The number of phenolic OH excluding ortho intramolecular Hbond substituents is 2. The van der Waals surface area contributed by atoms with Crippen molar-refractivity contribution in [3.63, 3.8) is 0 Å². The minimum Gasteiger partial charge on any atom is -0.504 e. The Hall–Kier alpha value is -2.76. The van der Waals surface area contributed by atoms with Gasteiger partial charge in [-0.2, -0.15) is 0 Å². The summed E-state index contributed by atoms with van der Waals surface area (Å²) in [5, 5.41) is 19.9. The van der Waals surface area contributed by atoms with Crippen molar-refractivity contribution in [1.82, 2.24) is 14.5 Å². The molecule has 0 atom stereocenters. The van der Waals surface area contributed by atoms with Crippen molar-refractivity contribution in [2.24, 2.45) is 7.05 Å². The molecule has 0 aliphatic carbocycles. The van der Waals surface area contributed by atoms with E-state index < -0.39 is 0 Å². The predicted molar refractivity (Wildman–Crippen MR) is 78.6 cm³/mol. The van der Waals surface area contributed by atoms with E-state index in [0.29, 0.717) is 17.0 Å². The van der Waals surface area contributed by atoms with Gasteiger partial charge in [0.05, 0.1) is 24.3 Å². The van der Waals surface area contributed by atoms with Crippen molar-refractivity contribution in [2.75, 3.05) is 7.11 Å². The smallest absolute Gasteiger partial charge is 0.200 e. The van der Waals surface area contributed by atoms with E-state index in [4.69, 9.17) is 4.74 Å². The molecule has 0 saturated heterocycles. The Labute approximate surface area is 121 Å². The van der Waals surface area contributed by atoms with Crippen molar-refractivity contribution in [2.45, 2.75) is 6.92 Å². The summed E-state index contributed by atoms with van der Waals surface area (Å²) in [4.78, 5) is 8.66. The van der Waals surface area contributed by atoms with E-state index in [2.05, 4.69) is 9.97 Å². The quantitative estimate of drug-likeness (QED) is 0.706. The molecule has 21 heavy (non-hydrogen) atoms. The van der Waals surface area contributed by atoms with Gasteiger partial charge in [0.25, 0.3) is 0 Å². The summed E-state index contributed by atoms with van der Waals surface area (Å²) in [5.74, 6) is 0.413. The first-order chi connectivity index (χ1) is 10.0. The van der Waals surface area contributed by atoms with Crippen LogP contribution in [-0.2, 0) is 7.05 Å². The molecule has 1 aromatic carbocycles. The molecule has 0 bridgehead atoms. The molecular formula is C15H15N3O3. The molecule has 6 heteroatoms. The molecule has 0 unspecified atom stereocenters. The average molecular weight is 285 g/mol. The van der Waals surface area contributed by atoms with Gasteiger partial charge in [-0.15, -0.1) is 0 Å². The number of benzene rings is 1. The number of aromatic nitrogens is 3. The average Bonchev–Trinajstić information content (AvgIpc) is 2.83. The van der Waals surface area contributed by atoms with Crippen molar-refractivity contribution >= 4 is 11.0 Å². The van der Waals surface area contributed by atoms with E-state index in [-0.39, 0.29) is 17.2 Å². The Morgan fingerprint density at radius 1 is 1.24 bits per heavy atom. The van der Waals surface area contributed by atoms with Gasteiger partial charge in [-0.3, -0.25) is 4.98 Å². The molecule has 108 valence electrons. The largest absolute Gasteiger partial charge is 0.504 e. The highest BCUT2D eigenvalue weighted by molar-refractivity contribution is 5.82. The molecule has 0 spiro atoms. The van der Waals surface area contributed by atoms with Crippen LogP contribution in [0.3, 0.4) is 0 Å². The molecule has 3 rings (SSSR count).